The Hall–Kier alpha value is -2.80. The molecule has 1 atom stereocenters. The SMILES string of the molecule is CCN1CCN(C(=O)C[C@H](c2cccc(C(F)(F)F)c2)c2cn(C)c3ccccc23)CC1. The van der Waals surface area contributed by atoms with Crippen molar-refractivity contribution >= 4 is 16.8 Å². The number of nitrogens with zero attached hydrogens (tertiary/aromatic N) is 3. The molecule has 0 radical (unpaired) electrons. The van der Waals surface area contributed by atoms with E-state index in [0.717, 1.165) is 42.2 Å². The summed E-state index contributed by atoms with van der Waals surface area (Å²) in [4.78, 5) is 17.4. The molecule has 0 unspecified atom stereocenters. The lowest BCUT2D eigenvalue weighted by Gasteiger charge is -2.35. The van der Waals surface area contributed by atoms with Crippen LogP contribution in [0.1, 0.15) is 36.0 Å². The second-order valence-electron chi connectivity index (χ2n) is 8.41. The first kappa shape index (κ1) is 22.4. The number of hydrogen-bond acceptors (Lipinski definition) is 2. The van der Waals surface area contributed by atoms with Crippen molar-refractivity contribution in [1.82, 2.24) is 14.4 Å². The highest BCUT2D eigenvalue weighted by Crippen LogP contribution is 2.37. The van der Waals surface area contributed by atoms with Crippen LogP contribution >= 0.6 is 0 Å². The number of aryl methyl sites for hydroxylation is 1. The van der Waals surface area contributed by atoms with E-state index in [1.165, 1.54) is 12.1 Å². The lowest BCUT2D eigenvalue weighted by Crippen LogP contribution is -2.48. The monoisotopic (exact) mass is 443 g/mol. The summed E-state index contributed by atoms with van der Waals surface area (Å²) < 4.78 is 42.3. The minimum Gasteiger partial charge on any atom is -0.350 e. The van der Waals surface area contributed by atoms with Gasteiger partial charge in [0, 0.05) is 62.7 Å². The molecule has 1 aliphatic heterocycles. The zero-order valence-electron chi connectivity index (χ0n) is 18.4. The van der Waals surface area contributed by atoms with Crippen LogP contribution in [-0.4, -0.2) is 53.0 Å². The summed E-state index contributed by atoms with van der Waals surface area (Å²) in [6.07, 6.45) is -2.35. The summed E-state index contributed by atoms with van der Waals surface area (Å²) in [6.45, 7) is 6.00. The quantitative estimate of drug-likeness (QED) is 0.562. The van der Waals surface area contributed by atoms with Gasteiger partial charge in [0.15, 0.2) is 0 Å². The minimum atomic E-state index is -4.43. The van der Waals surface area contributed by atoms with Crippen molar-refractivity contribution in [2.75, 3.05) is 32.7 Å². The number of para-hydroxylation sites is 1. The van der Waals surface area contributed by atoms with Gasteiger partial charge in [-0.15, -0.1) is 0 Å². The molecule has 0 aliphatic carbocycles. The minimum absolute atomic E-state index is 0.0175. The van der Waals surface area contributed by atoms with Crippen molar-refractivity contribution in [3.63, 3.8) is 0 Å². The molecule has 0 saturated carbocycles. The van der Waals surface area contributed by atoms with E-state index < -0.39 is 17.7 Å². The summed E-state index contributed by atoms with van der Waals surface area (Å²) in [5, 5.41) is 0.959. The van der Waals surface area contributed by atoms with E-state index in [1.54, 1.807) is 6.07 Å². The molecule has 1 saturated heterocycles. The van der Waals surface area contributed by atoms with Crippen LogP contribution in [0.4, 0.5) is 13.2 Å². The Morgan fingerprint density at radius 3 is 2.44 bits per heavy atom. The van der Waals surface area contributed by atoms with Crippen LogP contribution < -0.4 is 0 Å². The highest BCUT2D eigenvalue weighted by molar-refractivity contribution is 5.86. The molecule has 0 N–H and O–H groups in total. The summed E-state index contributed by atoms with van der Waals surface area (Å²) in [7, 11) is 1.92. The number of carbonyl (C=O) groups excluding carboxylic acids is 1. The van der Waals surface area contributed by atoms with Gasteiger partial charge in [-0.2, -0.15) is 13.2 Å². The van der Waals surface area contributed by atoms with Crippen LogP contribution in [-0.2, 0) is 18.0 Å². The molecule has 2 aromatic carbocycles. The molecule has 1 aliphatic rings. The van der Waals surface area contributed by atoms with Gasteiger partial charge in [0.25, 0.3) is 0 Å². The molecule has 170 valence electrons. The number of piperazine rings is 1. The van der Waals surface area contributed by atoms with Gasteiger partial charge >= 0.3 is 6.18 Å². The molecule has 4 rings (SSSR count). The lowest BCUT2D eigenvalue weighted by atomic mass is 9.87. The number of benzene rings is 2. The van der Waals surface area contributed by atoms with Crippen molar-refractivity contribution in [2.45, 2.75) is 25.4 Å². The van der Waals surface area contributed by atoms with Gasteiger partial charge in [-0.3, -0.25) is 4.79 Å². The maximum Gasteiger partial charge on any atom is 0.416 e. The zero-order valence-corrected chi connectivity index (χ0v) is 18.4. The highest BCUT2D eigenvalue weighted by Gasteiger charge is 2.32. The Morgan fingerprint density at radius 2 is 1.75 bits per heavy atom. The van der Waals surface area contributed by atoms with E-state index in [9.17, 15) is 18.0 Å². The van der Waals surface area contributed by atoms with Crippen molar-refractivity contribution in [3.8, 4) is 0 Å². The van der Waals surface area contributed by atoms with Gasteiger partial charge in [0.2, 0.25) is 5.91 Å². The number of amides is 1. The van der Waals surface area contributed by atoms with E-state index >= 15 is 0 Å². The Balaban J connectivity index is 1.71. The van der Waals surface area contributed by atoms with Gasteiger partial charge in [0.1, 0.15) is 0 Å². The number of fused-ring (bicyclic) bond motifs is 1. The number of halogens is 3. The predicted octanol–water partition coefficient (Wildman–Crippen LogP) is 4.88. The summed E-state index contributed by atoms with van der Waals surface area (Å²) in [6, 6.07) is 13.2. The predicted molar refractivity (Wildman–Crippen MR) is 120 cm³/mol. The Morgan fingerprint density at radius 1 is 1.03 bits per heavy atom. The van der Waals surface area contributed by atoms with Crippen molar-refractivity contribution in [1.29, 1.82) is 0 Å². The maximum absolute atomic E-state index is 13.4. The molecule has 4 nitrogen and oxygen atoms in total. The second kappa shape index (κ2) is 8.98. The van der Waals surface area contributed by atoms with E-state index in [4.69, 9.17) is 0 Å². The summed E-state index contributed by atoms with van der Waals surface area (Å²) in [5.74, 6) is -0.476. The number of carbonyl (C=O) groups is 1. The van der Waals surface area contributed by atoms with E-state index in [-0.39, 0.29) is 12.3 Å². The Kier molecular flexibility index (Phi) is 6.29. The van der Waals surface area contributed by atoms with Crippen LogP contribution in [0.25, 0.3) is 10.9 Å². The average molecular weight is 444 g/mol. The van der Waals surface area contributed by atoms with E-state index in [1.807, 2.05) is 47.0 Å². The number of aromatic nitrogens is 1. The Bertz CT molecular complexity index is 1100. The Labute approximate surface area is 186 Å². The fourth-order valence-electron chi connectivity index (χ4n) is 4.61. The number of likely N-dealkylation sites (N-methyl/N-ethyl adjacent to an activating group) is 1. The largest absolute Gasteiger partial charge is 0.416 e. The van der Waals surface area contributed by atoms with Gasteiger partial charge in [-0.25, -0.2) is 0 Å². The van der Waals surface area contributed by atoms with Gasteiger partial charge in [-0.05, 0) is 29.8 Å². The smallest absolute Gasteiger partial charge is 0.350 e. The van der Waals surface area contributed by atoms with Gasteiger partial charge in [-0.1, -0.05) is 43.3 Å². The van der Waals surface area contributed by atoms with Gasteiger partial charge in [0.05, 0.1) is 5.56 Å². The molecule has 32 heavy (non-hydrogen) atoms. The molecule has 1 aromatic heterocycles. The highest BCUT2D eigenvalue weighted by atomic mass is 19.4. The normalized spacial score (nSPS) is 16.5. The van der Waals surface area contributed by atoms with E-state index in [2.05, 4.69) is 11.8 Å². The molecule has 1 fully saturated rings. The average Bonchev–Trinajstić information content (AvgIpc) is 3.13. The standard InChI is InChI=1S/C25H28F3N3O/c1-3-30-11-13-31(14-12-30)24(32)16-21(18-7-6-8-19(15-18)25(26,27)28)22-17-29(2)23-10-5-4-9-20(22)23/h4-10,15,17,21H,3,11-14,16H2,1-2H3/t21-/m1/s1. The third-order valence-electron chi connectivity index (χ3n) is 6.47. The molecular formula is C25H28F3N3O. The molecule has 0 bridgehead atoms. The number of hydrogen-bond donors (Lipinski definition) is 0. The fourth-order valence-corrected chi connectivity index (χ4v) is 4.61. The van der Waals surface area contributed by atoms with Crippen LogP contribution in [0, 0.1) is 0 Å². The fraction of sp³-hybridized carbons (Fsp3) is 0.400. The first-order valence-corrected chi connectivity index (χ1v) is 11.0. The molecule has 0 spiro atoms. The van der Waals surface area contributed by atoms with Crippen LogP contribution in [0.15, 0.2) is 54.7 Å². The zero-order chi connectivity index (χ0) is 22.9. The summed E-state index contributed by atoms with van der Waals surface area (Å²) >= 11 is 0. The van der Waals surface area contributed by atoms with Crippen LogP contribution in [0.2, 0.25) is 0 Å². The van der Waals surface area contributed by atoms with Crippen molar-refractivity contribution in [3.05, 3.63) is 71.4 Å². The molecule has 2 heterocycles. The molecule has 7 heteroatoms. The van der Waals surface area contributed by atoms with Crippen molar-refractivity contribution < 1.29 is 18.0 Å². The maximum atomic E-state index is 13.4. The van der Waals surface area contributed by atoms with Crippen LogP contribution in [0.5, 0.6) is 0 Å². The lowest BCUT2D eigenvalue weighted by molar-refractivity contribution is -0.137. The first-order chi connectivity index (χ1) is 15.3. The third kappa shape index (κ3) is 4.53. The molecule has 1 amide bonds. The van der Waals surface area contributed by atoms with Crippen molar-refractivity contribution in [2.24, 2.45) is 7.05 Å². The molecular weight excluding hydrogens is 415 g/mol. The second-order valence-corrected chi connectivity index (χ2v) is 8.41. The topological polar surface area (TPSA) is 28.5 Å². The first-order valence-electron chi connectivity index (χ1n) is 11.0. The van der Waals surface area contributed by atoms with E-state index in [0.29, 0.717) is 18.7 Å². The van der Waals surface area contributed by atoms with Crippen LogP contribution in [0.3, 0.4) is 0 Å². The number of rotatable bonds is 5. The van der Waals surface area contributed by atoms with Gasteiger partial charge < -0.3 is 14.4 Å². The molecule has 3 aromatic rings. The summed E-state index contributed by atoms with van der Waals surface area (Å²) in [5.41, 5.74) is 1.69. The third-order valence-corrected chi connectivity index (χ3v) is 6.47. The number of alkyl halides is 3.